The van der Waals surface area contributed by atoms with Gasteiger partial charge < -0.3 is 15.3 Å². The number of nitrogens with one attached hydrogen (secondary N) is 1. The summed E-state index contributed by atoms with van der Waals surface area (Å²) >= 11 is 3.43. The highest BCUT2D eigenvalue weighted by Gasteiger charge is 2.18. The third-order valence-corrected chi connectivity index (χ3v) is 4.61. The first-order valence-corrected chi connectivity index (χ1v) is 7.88. The van der Waals surface area contributed by atoms with Gasteiger partial charge in [-0.2, -0.15) is 0 Å². The largest absolute Gasteiger partial charge is 0.478 e. The smallest absolute Gasteiger partial charge is 0.335 e. The SMILES string of the molecule is CCN1CCC(CNc2ccc(C(=O)O)cc2Br)CC1. The number of carboxylic acid groups (broad SMARTS) is 1. The Kier molecular flexibility index (Phi) is 5.43. The molecule has 0 aromatic heterocycles. The number of rotatable bonds is 5. The molecule has 0 spiro atoms. The summed E-state index contributed by atoms with van der Waals surface area (Å²) < 4.78 is 0.809. The number of carbonyl (C=O) groups is 1. The number of carboxylic acids is 1. The molecule has 0 aliphatic carbocycles. The minimum absolute atomic E-state index is 0.304. The van der Waals surface area contributed by atoms with Gasteiger partial charge in [-0.25, -0.2) is 4.79 Å². The fraction of sp³-hybridized carbons (Fsp3) is 0.533. The second-order valence-corrected chi connectivity index (χ2v) is 6.11. The van der Waals surface area contributed by atoms with E-state index in [0.717, 1.165) is 23.2 Å². The predicted octanol–water partition coefficient (Wildman–Crippen LogP) is 3.29. The van der Waals surface area contributed by atoms with Gasteiger partial charge >= 0.3 is 5.97 Å². The quantitative estimate of drug-likeness (QED) is 0.863. The van der Waals surface area contributed by atoms with E-state index in [4.69, 9.17) is 5.11 Å². The molecule has 110 valence electrons. The first-order valence-electron chi connectivity index (χ1n) is 7.09. The van der Waals surface area contributed by atoms with E-state index in [0.29, 0.717) is 11.5 Å². The van der Waals surface area contributed by atoms with Crippen molar-refractivity contribution in [2.75, 3.05) is 31.5 Å². The molecule has 0 atom stereocenters. The maximum Gasteiger partial charge on any atom is 0.335 e. The van der Waals surface area contributed by atoms with Gasteiger partial charge in [-0.15, -0.1) is 0 Å². The zero-order chi connectivity index (χ0) is 14.5. The Morgan fingerprint density at radius 3 is 2.70 bits per heavy atom. The van der Waals surface area contributed by atoms with Crippen LogP contribution in [0.5, 0.6) is 0 Å². The van der Waals surface area contributed by atoms with Gasteiger partial charge in [0, 0.05) is 16.7 Å². The number of halogens is 1. The van der Waals surface area contributed by atoms with Crippen molar-refractivity contribution in [2.24, 2.45) is 5.92 Å². The van der Waals surface area contributed by atoms with Crippen LogP contribution >= 0.6 is 15.9 Å². The molecule has 2 rings (SSSR count). The van der Waals surface area contributed by atoms with E-state index in [-0.39, 0.29) is 0 Å². The molecule has 4 nitrogen and oxygen atoms in total. The van der Waals surface area contributed by atoms with E-state index < -0.39 is 5.97 Å². The van der Waals surface area contributed by atoms with Gasteiger partial charge in [0.15, 0.2) is 0 Å². The molecule has 1 aliphatic rings. The Balaban J connectivity index is 1.87. The molecule has 0 unspecified atom stereocenters. The van der Waals surface area contributed by atoms with E-state index in [1.165, 1.54) is 25.9 Å². The summed E-state index contributed by atoms with van der Waals surface area (Å²) in [6.45, 7) is 6.66. The van der Waals surface area contributed by atoms with E-state index in [2.05, 4.69) is 33.1 Å². The van der Waals surface area contributed by atoms with Crippen LogP contribution in [0, 0.1) is 5.92 Å². The number of nitrogens with zero attached hydrogens (tertiary/aromatic N) is 1. The molecule has 1 aromatic carbocycles. The summed E-state index contributed by atoms with van der Waals surface area (Å²) in [7, 11) is 0. The van der Waals surface area contributed by atoms with Crippen molar-refractivity contribution in [3.63, 3.8) is 0 Å². The fourth-order valence-electron chi connectivity index (χ4n) is 2.55. The van der Waals surface area contributed by atoms with Gasteiger partial charge in [0.05, 0.1) is 5.56 Å². The molecule has 0 saturated carbocycles. The Labute approximate surface area is 128 Å². The third kappa shape index (κ3) is 3.96. The minimum Gasteiger partial charge on any atom is -0.478 e. The molecule has 2 N–H and O–H groups in total. The molecule has 1 saturated heterocycles. The molecule has 5 heteroatoms. The Bertz CT molecular complexity index is 471. The van der Waals surface area contributed by atoms with Crippen LogP contribution in [-0.2, 0) is 0 Å². The van der Waals surface area contributed by atoms with E-state index in [9.17, 15) is 4.79 Å². The van der Waals surface area contributed by atoms with Crippen LogP contribution in [0.2, 0.25) is 0 Å². The van der Waals surface area contributed by atoms with E-state index >= 15 is 0 Å². The van der Waals surface area contributed by atoms with E-state index in [1.54, 1.807) is 12.1 Å². The highest BCUT2D eigenvalue weighted by atomic mass is 79.9. The second kappa shape index (κ2) is 7.09. The lowest BCUT2D eigenvalue weighted by Crippen LogP contribution is -2.35. The lowest BCUT2D eigenvalue weighted by molar-refractivity contribution is 0.0697. The summed E-state index contributed by atoms with van der Waals surface area (Å²) in [6, 6.07) is 5.11. The normalized spacial score (nSPS) is 17.1. The van der Waals surface area contributed by atoms with Gasteiger partial charge in [-0.05, 0) is 72.5 Å². The molecule has 0 bridgehead atoms. The maximum atomic E-state index is 10.9. The number of anilines is 1. The van der Waals surface area contributed by atoms with Gasteiger partial charge in [-0.3, -0.25) is 0 Å². The van der Waals surface area contributed by atoms with Gasteiger partial charge in [0.2, 0.25) is 0 Å². The number of hydrogen-bond acceptors (Lipinski definition) is 3. The van der Waals surface area contributed by atoms with Crippen molar-refractivity contribution in [3.8, 4) is 0 Å². The lowest BCUT2D eigenvalue weighted by atomic mass is 9.97. The van der Waals surface area contributed by atoms with Gasteiger partial charge in [-0.1, -0.05) is 6.92 Å². The van der Waals surface area contributed by atoms with Crippen LogP contribution < -0.4 is 5.32 Å². The molecule has 20 heavy (non-hydrogen) atoms. The monoisotopic (exact) mass is 340 g/mol. The van der Waals surface area contributed by atoms with Crippen LogP contribution in [0.3, 0.4) is 0 Å². The summed E-state index contributed by atoms with van der Waals surface area (Å²) in [5, 5.41) is 12.4. The lowest BCUT2D eigenvalue weighted by Gasteiger charge is -2.31. The average molecular weight is 341 g/mol. The molecular weight excluding hydrogens is 320 g/mol. The number of likely N-dealkylation sites (tertiary alicyclic amines) is 1. The average Bonchev–Trinajstić information content (AvgIpc) is 2.46. The molecule has 1 aromatic rings. The molecule has 1 aliphatic heterocycles. The first-order chi connectivity index (χ1) is 9.60. The van der Waals surface area contributed by atoms with Crippen LogP contribution in [0.4, 0.5) is 5.69 Å². The molecule has 0 amide bonds. The van der Waals surface area contributed by atoms with Crippen LogP contribution in [0.15, 0.2) is 22.7 Å². The number of aromatic carboxylic acids is 1. The molecule has 1 heterocycles. The Hall–Kier alpha value is -1.07. The van der Waals surface area contributed by atoms with E-state index in [1.807, 2.05) is 6.07 Å². The zero-order valence-corrected chi connectivity index (χ0v) is 13.3. The summed E-state index contributed by atoms with van der Waals surface area (Å²) in [5.41, 5.74) is 1.27. The van der Waals surface area contributed by atoms with Crippen molar-refractivity contribution in [3.05, 3.63) is 28.2 Å². The molecular formula is C15H21BrN2O2. The highest BCUT2D eigenvalue weighted by Crippen LogP contribution is 2.25. The number of hydrogen-bond donors (Lipinski definition) is 2. The fourth-order valence-corrected chi connectivity index (χ4v) is 3.07. The van der Waals surface area contributed by atoms with Crippen molar-refractivity contribution in [1.82, 2.24) is 4.90 Å². The topological polar surface area (TPSA) is 52.6 Å². The zero-order valence-electron chi connectivity index (χ0n) is 11.7. The summed E-state index contributed by atoms with van der Waals surface area (Å²) in [4.78, 5) is 13.4. The maximum absolute atomic E-state index is 10.9. The van der Waals surface area contributed by atoms with Gasteiger partial charge in [0.25, 0.3) is 0 Å². The molecule has 1 fully saturated rings. The Morgan fingerprint density at radius 1 is 1.45 bits per heavy atom. The van der Waals surface area contributed by atoms with Crippen LogP contribution in [-0.4, -0.2) is 42.2 Å². The predicted molar refractivity (Wildman–Crippen MR) is 84.4 cm³/mol. The first kappa shape index (κ1) is 15.3. The number of piperidine rings is 1. The van der Waals surface area contributed by atoms with Crippen LogP contribution in [0.1, 0.15) is 30.1 Å². The summed E-state index contributed by atoms with van der Waals surface area (Å²) in [5.74, 6) is -0.201. The second-order valence-electron chi connectivity index (χ2n) is 5.26. The standard InChI is InChI=1S/C15H21BrN2O2/c1-2-18-7-5-11(6-8-18)10-17-14-4-3-12(15(19)20)9-13(14)16/h3-4,9,11,17H,2,5-8,10H2,1H3,(H,19,20). The minimum atomic E-state index is -0.899. The van der Waals surface area contributed by atoms with Crippen molar-refractivity contribution in [2.45, 2.75) is 19.8 Å². The highest BCUT2D eigenvalue weighted by molar-refractivity contribution is 9.10. The van der Waals surface area contributed by atoms with Crippen molar-refractivity contribution >= 4 is 27.6 Å². The van der Waals surface area contributed by atoms with Gasteiger partial charge in [0.1, 0.15) is 0 Å². The third-order valence-electron chi connectivity index (χ3n) is 3.95. The van der Waals surface area contributed by atoms with Crippen LogP contribution in [0.25, 0.3) is 0 Å². The van der Waals surface area contributed by atoms with Crippen molar-refractivity contribution in [1.29, 1.82) is 0 Å². The Morgan fingerprint density at radius 2 is 2.15 bits per heavy atom. The van der Waals surface area contributed by atoms with Crippen molar-refractivity contribution < 1.29 is 9.90 Å². The number of benzene rings is 1. The summed E-state index contributed by atoms with van der Waals surface area (Å²) in [6.07, 6.45) is 2.46. The molecule has 0 radical (unpaired) electrons.